The van der Waals surface area contributed by atoms with Gasteiger partial charge in [-0.3, -0.25) is 0 Å². The van der Waals surface area contributed by atoms with E-state index < -0.39 is 5.63 Å². The Morgan fingerprint density at radius 2 is 2.00 bits per heavy atom. The third-order valence-corrected chi connectivity index (χ3v) is 2.30. The Labute approximate surface area is 85.8 Å². The number of aromatic hydroxyl groups is 1. The van der Waals surface area contributed by atoms with E-state index in [9.17, 15) is 9.90 Å². The molecule has 78 valence electrons. The average molecular weight is 206 g/mol. The lowest BCUT2D eigenvalue weighted by molar-refractivity contribution is 0.432. The number of furan rings is 1. The minimum atomic E-state index is -0.551. The summed E-state index contributed by atoms with van der Waals surface area (Å²) in [5.74, 6) is 0.658. The molecule has 4 nitrogen and oxygen atoms in total. The van der Waals surface area contributed by atoms with Crippen LogP contribution in [0.4, 0.5) is 0 Å². The minimum Gasteiger partial charge on any atom is -0.507 e. The van der Waals surface area contributed by atoms with Gasteiger partial charge in [0.1, 0.15) is 5.75 Å². The topological polar surface area (TPSA) is 63.6 Å². The molecule has 0 spiro atoms. The van der Waals surface area contributed by atoms with E-state index in [1.54, 1.807) is 19.1 Å². The normalized spacial score (nSPS) is 10.5. The summed E-state index contributed by atoms with van der Waals surface area (Å²) in [6.45, 7) is 3.18. The third kappa shape index (κ3) is 1.44. The van der Waals surface area contributed by atoms with E-state index in [1.807, 2.05) is 0 Å². The fourth-order valence-electron chi connectivity index (χ4n) is 1.37. The Morgan fingerprint density at radius 1 is 1.27 bits per heavy atom. The summed E-state index contributed by atoms with van der Waals surface area (Å²) in [7, 11) is 0. The summed E-state index contributed by atoms with van der Waals surface area (Å²) < 4.78 is 10.2. The van der Waals surface area contributed by atoms with Gasteiger partial charge < -0.3 is 13.9 Å². The SMILES string of the molecule is Cc1c(-c2ccco2)oc(=O)c(C)c1O. The molecule has 2 heterocycles. The van der Waals surface area contributed by atoms with Gasteiger partial charge in [0.25, 0.3) is 0 Å². The molecular weight excluding hydrogens is 196 g/mol. The summed E-state index contributed by atoms with van der Waals surface area (Å²) in [5.41, 5.74) is 0.161. The predicted molar refractivity (Wildman–Crippen MR) is 53.8 cm³/mol. The van der Waals surface area contributed by atoms with Crippen LogP contribution >= 0.6 is 0 Å². The molecule has 1 N–H and O–H groups in total. The Kier molecular flexibility index (Phi) is 2.11. The highest BCUT2D eigenvalue weighted by Crippen LogP contribution is 2.29. The van der Waals surface area contributed by atoms with Crippen LogP contribution in [0.3, 0.4) is 0 Å². The molecule has 0 bridgehead atoms. The second kappa shape index (κ2) is 3.31. The molecule has 0 saturated heterocycles. The molecule has 2 aromatic rings. The van der Waals surface area contributed by atoms with E-state index in [-0.39, 0.29) is 17.1 Å². The zero-order chi connectivity index (χ0) is 11.0. The van der Waals surface area contributed by atoms with Crippen LogP contribution in [0.15, 0.2) is 32.0 Å². The smallest absolute Gasteiger partial charge is 0.343 e. The van der Waals surface area contributed by atoms with Crippen molar-refractivity contribution in [1.29, 1.82) is 0 Å². The van der Waals surface area contributed by atoms with Gasteiger partial charge in [-0.25, -0.2) is 4.79 Å². The molecule has 0 aromatic carbocycles. The first-order valence-corrected chi connectivity index (χ1v) is 4.48. The first-order chi connectivity index (χ1) is 7.11. The number of hydrogen-bond acceptors (Lipinski definition) is 4. The number of hydrogen-bond donors (Lipinski definition) is 1. The molecule has 0 fully saturated rings. The summed E-state index contributed by atoms with van der Waals surface area (Å²) >= 11 is 0. The molecule has 2 rings (SSSR count). The van der Waals surface area contributed by atoms with Crippen molar-refractivity contribution in [2.75, 3.05) is 0 Å². The molecule has 0 atom stereocenters. The van der Waals surface area contributed by atoms with Crippen molar-refractivity contribution in [3.8, 4) is 17.3 Å². The highest BCUT2D eigenvalue weighted by atomic mass is 16.4. The molecular formula is C11H10O4. The van der Waals surface area contributed by atoms with Crippen molar-refractivity contribution in [3.05, 3.63) is 39.9 Å². The molecule has 0 saturated carbocycles. The van der Waals surface area contributed by atoms with Gasteiger partial charge in [-0.15, -0.1) is 0 Å². The largest absolute Gasteiger partial charge is 0.507 e. The van der Waals surface area contributed by atoms with Crippen LogP contribution in [0.25, 0.3) is 11.5 Å². The summed E-state index contributed by atoms with van der Waals surface area (Å²) in [6, 6.07) is 3.35. The molecule has 0 aliphatic heterocycles. The van der Waals surface area contributed by atoms with Crippen molar-refractivity contribution in [2.24, 2.45) is 0 Å². The van der Waals surface area contributed by atoms with Crippen molar-refractivity contribution >= 4 is 0 Å². The van der Waals surface area contributed by atoms with Crippen molar-refractivity contribution in [1.82, 2.24) is 0 Å². The fraction of sp³-hybridized carbons (Fsp3) is 0.182. The average Bonchev–Trinajstić information content (AvgIpc) is 2.73. The van der Waals surface area contributed by atoms with Crippen molar-refractivity contribution < 1.29 is 13.9 Å². The molecule has 0 aliphatic carbocycles. The van der Waals surface area contributed by atoms with Gasteiger partial charge in [-0.1, -0.05) is 0 Å². The van der Waals surface area contributed by atoms with E-state index in [2.05, 4.69) is 0 Å². The lowest BCUT2D eigenvalue weighted by Crippen LogP contribution is -2.05. The molecule has 4 heteroatoms. The van der Waals surface area contributed by atoms with Gasteiger partial charge in [0.15, 0.2) is 11.5 Å². The van der Waals surface area contributed by atoms with Gasteiger partial charge in [0.05, 0.1) is 11.8 Å². The first kappa shape index (κ1) is 9.58. The van der Waals surface area contributed by atoms with Gasteiger partial charge >= 0.3 is 5.63 Å². The van der Waals surface area contributed by atoms with Crippen LogP contribution in [0.5, 0.6) is 5.75 Å². The zero-order valence-electron chi connectivity index (χ0n) is 8.40. The summed E-state index contributed by atoms with van der Waals surface area (Å²) in [4.78, 5) is 11.3. The Bertz CT molecular complexity index is 534. The second-order valence-corrected chi connectivity index (χ2v) is 3.29. The zero-order valence-corrected chi connectivity index (χ0v) is 8.40. The van der Waals surface area contributed by atoms with Crippen LogP contribution in [0.2, 0.25) is 0 Å². The maximum atomic E-state index is 11.3. The molecule has 0 amide bonds. The minimum absolute atomic E-state index is 0.0438. The van der Waals surface area contributed by atoms with Gasteiger partial charge in [-0.2, -0.15) is 0 Å². The second-order valence-electron chi connectivity index (χ2n) is 3.29. The summed E-state index contributed by atoms with van der Waals surface area (Å²) in [6.07, 6.45) is 1.48. The Morgan fingerprint density at radius 3 is 2.60 bits per heavy atom. The van der Waals surface area contributed by atoms with Gasteiger partial charge in [0.2, 0.25) is 0 Å². The van der Waals surface area contributed by atoms with Crippen LogP contribution in [-0.2, 0) is 0 Å². The lowest BCUT2D eigenvalue weighted by Gasteiger charge is -2.05. The van der Waals surface area contributed by atoms with E-state index in [0.29, 0.717) is 11.3 Å². The molecule has 15 heavy (non-hydrogen) atoms. The van der Waals surface area contributed by atoms with Crippen molar-refractivity contribution in [2.45, 2.75) is 13.8 Å². The Balaban J connectivity index is 2.75. The van der Waals surface area contributed by atoms with E-state index >= 15 is 0 Å². The first-order valence-electron chi connectivity index (χ1n) is 4.48. The van der Waals surface area contributed by atoms with E-state index in [4.69, 9.17) is 8.83 Å². The van der Waals surface area contributed by atoms with Gasteiger partial charge in [0, 0.05) is 5.56 Å². The monoisotopic (exact) mass is 206 g/mol. The maximum Gasteiger partial charge on any atom is 0.343 e. The predicted octanol–water partition coefficient (Wildman–Crippen LogP) is 2.22. The van der Waals surface area contributed by atoms with Crippen molar-refractivity contribution in [3.63, 3.8) is 0 Å². The quantitative estimate of drug-likeness (QED) is 0.777. The van der Waals surface area contributed by atoms with Crippen LogP contribution in [-0.4, -0.2) is 5.11 Å². The van der Waals surface area contributed by atoms with Crippen LogP contribution in [0, 0.1) is 13.8 Å². The Hall–Kier alpha value is -1.97. The molecule has 0 radical (unpaired) electrons. The molecule has 0 aliphatic rings. The van der Waals surface area contributed by atoms with Crippen LogP contribution in [0.1, 0.15) is 11.1 Å². The highest BCUT2D eigenvalue weighted by molar-refractivity contribution is 5.59. The lowest BCUT2D eigenvalue weighted by atomic mass is 10.1. The third-order valence-electron chi connectivity index (χ3n) is 2.30. The molecule has 0 unspecified atom stereocenters. The maximum absolute atomic E-state index is 11.3. The fourth-order valence-corrected chi connectivity index (χ4v) is 1.37. The molecule has 2 aromatic heterocycles. The number of rotatable bonds is 1. The van der Waals surface area contributed by atoms with Crippen LogP contribution < -0.4 is 5.63 Å². The van der Waals surface area contributed by atoms with Gasteiger partial charge in [-0.05, 0) is 26.0 Å². The van der Waals surface area contributed by atoms with E-state index in [0.717, 1.165) is 0 Å². The summed E-state index contributed by atoms with van der Waals surface area (Å²) in [5, 5.41) is 9.67. The standard InChI is InChI=1S/C11H10O4/c1-6-9(12)7(2)11(13)15-10(6)8-4-3-5-14-8/h3-5,12H,1-2H3. The van der Waals surface area contributed by atoms with E-state index in [1.165, 1.54) is 13.2 Å². The highest BCUT2D eigenvalue weighted by Gasteiger charge is 2.15.